The van der Waals surface area contributed by atoms with E-state index >= 15 is 0 Å². The fourth-order valence-electron chi connectivity index (χ4n) is 4.91. The molecule has 1 fully saturated rings. The summed E-state index contributed by atoms with van der Waals surface area (Å²) in [6.07, 6.45) is 4.20. The molecule has 1 aromatic heterocycles. The molecular formula is C28H32FNO3. The molecule has 0 aliphatic carbocycles. The average Bonchev–Trinajstić information content (AvgIpc) is 3.34. The van der Waals surface area contributed by atoms with Gasteiger partial charge in [-0.25, -0.2) is 4.39 Å². The lowest BCUT2D eigenvalue weighted by atomic mass is 9.75. The second-order valence-corrected chi connectivity index (χ2v) is 9.50. The van der Waals surface area contributed by atoms with E-state index in [2.05, 4.69) is 13.8 Å². The molecular weight excluding hydrogens is 417 g/mol. The van der Waals surface area contributed by atoms with Crippen LogP contribution in [0.25, 0.3) is 0 Å². The predicted molar refractivity (Wildman–Crippen MR) is 126 cm³/mol. The minimum Gasteiger partial charge on any atom is -0.459 e. The van der Waals surface area contributed by atoms with E-state index in [0.29, 0.717) is 31.4 Å². The van der Waals surface area contributed by atoms with Crippen molar-refractivity contribution in [1.82, 2.24) is 4.90 Å². The molecule has 0 spiro atoms. The smallest absolute Gasteiger partial charge is 0.289 e. The summed E-state index contributed by atoms with van der Waals surface area (Å²) in [5.74, 6) is 0.599. The van der Waals surface area contributed by atoms with E-state index in [1.807, 2.05) is 47.4 Å². The molecule has 4 rings (SSSR count). The van der Waals surface area contributed by atoms with Gasteiger partial charge in [-0.05, 0) is 80.3 Å². The van der Waals surface area contributed by atoms with Crippen molar-refractivity contribution in [3.63, 3.8) is 0 Å². The Labute approximate surface area is 195 Å². The Hall–Kier alpha value is -2.92. The maximum Gasteiger partial charge on any atom is 0.289 e. The first-order valence-electron chi connectivity index (χ1n) is 11.7. The van der Waals surface area contributed by atoms with Crippen LogP contribution >= 0.6 is 0 Å². The summed E-state index contributed by atoms with van der Waals surface area (Å²) in [7, 11) is 0. The number of amides is 1. The monoisotopic (exact) mass is 449 g/mol. The van der Waals surface area contributed by atoms with Crippen LogP contribution in [-0.4, -0.2) is 29.6 Å². The van der Waals surface area contributed by atoms with Crippen molar-refractivity contribution in [2.45, 2.75) is 51.2 Å². The summed E-state index contributed by atoms with van der Waals surface area (Å²) in [5.41, 5.74) is 2.00. The van der Waals surface area contributed by atoms with Crippen LogP contribution in [0.2, 0.25) is 0 Å². The molecule has 174 valence electrons. The fraction of sp³-hybridized carbons (Fsp3) is 0.393. The Kier molecular flexibility index (Phi) is 7.29. The van der Waals surface area contributed by atoms with Crippen molar-refractivity contribution in [1.29, 1.82) is 0 Å². The van der Waals surface area contributed by atoms with Crippen molar-refractivity contribution in [2.75, 3.05) is 13.2 Å². The number of rotatable bonds is 8. The molecule has 5 heteroatoms. The van der Waals surface area contributed by atoms with Crippen LogP contribution < -0.4 is 0 Å². The van der Waals surface area contributed by atoms with E-state index in [0.717, 1.165) is 30.4 Å². The molecule has 2 aromatic carbocycles. The van der Waals surface area contributed by atoms with Crippen LogP contribution in [0.5, 0.6) is 0 Å². The Bertz CT molecular complexity index is 1020. The molecule has 0 unspecified atom stereocenters. The third-order valence-electron chi connectivity index (χ3n) is 6.55. The van der Waals surface area contributed by atoms with Gasteiger partial charge in [0.15, 0.2) is 5.76 Å². The van der Waals surface area contributed by atoms with Gasteiger partial charge in [0.25, 0.3) is 5.91 Å². The number of benzene rings is 2. The third-order valence-corrected chi connectivity index (χ3v) is 6.55. The quantitative estimate of drug-likeness (QED) is 0.397. The topological polar surface area (TPSA) is 42.7 Å². The summed E-state index contributed by atoms with van der Waals surface area (Å²) < 4.78 is 25.0. The zero-order valence-electron chi connectivity index (χ0n) is 19.4. The maximum atomic E-state index is 13.7. The standard InChI is InChI=1S/C28H32FNO3/c1-28(2)19-23(15-18-33-28)25(22-10-12-24(29)13-11-22)14-16-30(20-21-7-4-3-5-8-21)27(31)26-9-6-17-32-26/h3-13,17,23,25H,14-16,18-20H2,1-2H3/t23-,25-/m1/s1. The molecule has 1 amide bonds. The van der Waals surface area contributed by atoms with Crippen LogP contribution in [0.3, 0.4) is 0 Å². The highest BCUT2D eigenvalue weighted by Gasteiger charge is 2.34. The van der Waals surface area contributed by atoms with Gasteiger partial charge in [0.1, 0.15) is 5.82 Å². The Morgan fingerprint density at radius 1 is 1.09 bits per heavy atom. The summed E-state index contributed by atoms with van der Waals surface area (Å²) in [5, 5.41) is 0. The Morgan fingerprint density at radius 3 is 2.52 bits per heavy atom. The number of halogens is 1. The lowest BCUT2D eigenvalue weighted by Crippen LogP contribution is -2.38. The number of hydrogen-bond acceptors (Lipinski definition) is 3. The van der Waals surface area contributed by atoms with Gasteiger partial charge in [0, 0.05) is 19.7 Å². The van der Waals surface area contributed by atoms with Crippen molar-refractivity contribution in [3.05, 3.63) is 95.7 Å². The van der Waals surface area contributed by atoms with Crippen molar-refractivity contribution in [3.8, 4) is 0 Å². The van der Waals surface area contributed by atoms with E-state index in [9.17, 15) is 9.18 Å². The number of hydrogen-bond donors (Lipinski definition) is 0. The minimum atomic E-state index is -0.233. The minimum absolute atomic E-state index is 0.117. The Morgan fingerprint density at radius 2 is 1.85 bits per heavy atom. The van der Waals surface area contributed by atoms with E-state index in [-0.39, 0.29) is 23.2 Å². The van der Waals surface area contributed by atoms with Gasteiger partial charge in [-0.3, -0.25) is 4.79 Å². The first-order chi connectivity index (χ1) is 15.9. The third kappa shape index (κ3) is 6.11. The number of furan rings is 1. The SMILES string of the molecule is CC1(C)C[C@H]([C@H](CCN(Cc2ccccc2)C(=O)c2ccco2)c2ccc(F)cc2)CCO1. The first-order valence-corrected chi connectivity index (χ1v) is 11.7. The molecule has 2 heterocycles. The number of carbonyl (C=O) groups excluding carboxylic acids is 1. The molecule has 3 aromatic rings. The number of nitrogens with zero attached hydrogens (tertiary/aromatic N) is 1. The summed E-state index contributed by atoms with van der Waals surface area (Å²) in [4.78, 5) is 15.1. The zero-order valence-corrected chi connectivity index (χ0v) is 19.4. The van der Waals surface area contributed by atoms with E-state index in [1.165, 1.54) is 18.4 Å². The molecule has 4 nitrogen and oxygen atoms in total. The van der Waals surface area contributed by atoms with Gasteiger partial charge in [-0.15, -0.1) is 0 Å². The van der Waals surface area contributed by atoms with Gasteiger partial charge in [0.05, 0.1) is 11.9 Å². The molecule has 0 saturated carbocycles. The van der Waals surface area contributed by atoms with Crippen LogP contribution in [-0.2, 0) is 11.3 Å². The average molecular weight is 450 g/mol. The molecule has 1 saturated heterocycles. The molecule has 1 aliphatic heterocycles. The van der Waals surface area contributed by atoms with Gasteiger partial charge in [-0.1, -0.05) is 42.5 Å². The number of carbonyl (C=O) groups is 1. The molecule has 0 bridgehead atoms. The van der Waals surface area contributed by atoms with Crippen molar-refractivity contribution < 1.29 is 18.3 Å². The number of ether oxygens (including phenoxy) is 1. The molecule has 1 aliphatic rings. The highest BCUT2D eigenvalue weighted by molar-refractivity contribution is 5.91. The van der Waals surface area contributed by atoms with Crippen molar-refractivity contribution in [2.24, 2.45) is 5.92 Å². The van der Waals surface area contributed by atoms with Crippen molar-refractivity contribution >= 4 is 5.91 Å². The zero-order chi connectivity index (χ0) is 23.3. The normalized spacial score (nSPS) is 18.6. The van der Waals surface area contributed by atoms with Gasteiger partial charge >= 0.3 is 0 Å². The van der Waals surface area contributed by atoms with Crippen LogP contribution in [0, 0.1) is 11.7 Å². The summed E-state index contributed by atoms with van der Waals surface area (Å²) >= 11 is 0. The molecule has 0 radical (unpaired) electrons. The predicted octanol–water partition coefficient (Wildman–Crippen LogP) is 6.44. The lowest BCUT2D eigenvalue weighted by Gasteiger charge is -2.40. The van der Waals surface area contributed by atoms with Crippen LogP contribution in [0.15, 0.2) is 77.4 Å². The second-order valence-electron chi connectivity index (χ2n) is 9.50. The highest BCUT2D eigenvalue weighted by Crippen LogP contribution is 2.40. The molecule has 2 atom stereocenters. The fourth-order valence-corrected chi connectivity index (χ4v) is 4.91. The van der Waals surface area contributed by atoms with E-state index in [1.54, 1.807) is 12.1 Å². The largest absolute Gasteiger partial charge is 0.459 e. The molecule has 0 N–H and O–H groups in total. The van der Waals surface area contributed by atoms with E-state index in [4.69, 9.17) is 9.15 Å². The van der Waals surface area contributed by atoms with Gasteiger partial charge in [0.2, 0.25) is 0 Å². The molecule has 33 heavy (non-hydrogen) atoms. The maximum absolute atomic E-state index is 13.7. The first kappa shape index (κ1) is 23.2. The summed E-state index contributed by atoms with van der Waals surface area (Å²) in [6.45, 7) is 6.06. The van der Waals surface area contributed by atoms with E-state index < -0.39 is 0 Å². The van der Waals surface area contributed by atoms with Crippen LogP contribution in [0.1, 0.15) is 60.7 Å². The second kappa shape index (κ2) is 10.3. The van der Waals surface area contributed by atoms with Crippen LogP contribution in [0.4, 0.5) is 4.39 Å². The Balaban J connectivity index is 1.57. The van der Waals surface area contributed by atoms with Gasteiger partial charge < -0.3 is 14.1 Å². The summed E-state index contributed by atoms with van der Waals surface area (Å²) in [6, 6.07) is 20.3. The van der Waals surface area contributed by atoms with Gasteiger partial charge in [-0.2, -0.15) is 0 Å². The lowest BCUT2D eigenvalue weighted by molar-refractivity contribution is -0.0774. The highest BCUT2D eigenvalue weighted by atomic mass is 19.1.